The van der Waals surface area contributed by atoms with Crippen LogP contribution in [-0.4, -0.2) is 24.8 Å². The number of urea groups is 1. The Hall–Kier alpha value is -1.69. The first-order valence-corrected chi connectivity index (χ1v) is 7.64. The summed E-state index contributed by atoms with van der Waals surface area (Å²) in [7, 11) is 0. The van der Waals surface area contributed by atoms with E-state index in [0.29, 0.717) is 6.10 Å². The number of carbonyl (C=O) groups excluding carboxylic acids is 1. The largest absolute Gasteiger partial charge is 0.378 e. The van der Waals surface area contributed by atoms with E-state index in [1.165, 1.54) is 0 Å². The van der Waals surface area contributed by atoms with Gasteiger partial charge in [-0.2, -0.15) is 0 Å². The second kappa shape index (κ2) is 8.08. The number of hydrogen-bond acceptors (Lipinski definition) is 2. The zero-order valence-corrected chi connectivity index (χ0v) is 12.7. The van der Waals surface area contributed by atoms with Gasteiger partial charge in [-0.1, -0.05) is 0 Å². The smallest absolute Gasteiger partial charge is 0.315 e. The normalized spacial score (nSPS) is 19.0. The van der Waals surface area contributed by atoms with Gasteiger partial charge >= 0.3 is 6.03 Å². The third-order valence-corrected chi connectivity index (χ3v) is 3.77. The number of hydrogen-bond donors (Lipinski definition) is 2. The van der Waals surface area contributed by atoms with Gasteiger partial charge in [-0.05, 0) is 50.8 Å². The molecule has 1 aliphatic heterocycles. The Labute approximate surface area is 129 Å². The maximum absolute atomic E-state index is 13.4. The molecule has 0 unspecified atom stereocenters. The molecule has 1 aliphatic rings. The Morgan fingerprint density at radius 2 is 2.27 bits per heavy atom. The number of rotatable bonds is 6. The van der Waals surface area contributed by atoms with E-state index in [-0.39, 0.29) is 24.2 Å². The number of ether oxygens (including phenoxy) is 1. The summed E-state index contributed by atoms with van der Waals surface area (Å²) in [5.41, 5.74) is 0.127. The van der Waals surface area contributed by atoms with Crippen LogP contribution in [0.15, 0.2) is 18.2 Å². The molecule has 2 rings (SSSR count). The van der Waals surface area contributed by atoms with Crippen LogP contribution in [0, 0.1) is 11.6 Å². The Balaban J connectivity index is 1.69. The van der Waals surface area contributed by atoms with Crippen LogP contribution in [0.1, 0.15) is 38.2 Å². The predicted octanol–water partition coefficient (Wildman–Crippen LogP) is 3.11. The van der Waals surface area contributed by atoms with Crippen molar-refractivity contribution in [3.63, 3.8) is 0 Å². The van der Waals surface area contributed by atoms with Crippen molar-refractivity contribution in [3.05, 3.63) is 35.4 Å². The molecule has 0 saturated carbocycles. The summed E-state index contributed by atoms with van der Waals surface area (Å²) in [6, 6.07) is 2.79. The van der Waals surface area contributed by atoms with Crippen LogP contribution >= 0.6 is 0 Å². The fraction of sp³-hybridized carbons (Fsp3) is 0.562. The maximum atomic E-state index is 13.4. The van der Waals surface area contributed by atoms with Gasteiger partial charge in [0.1, 0.15) is 11.6 Å². The van der Waals surface area contributed by atoms with E-state index in [1.54, 1.807) is 0 Å². The summed E-state index contributed by atoms with van der Waals surface area (Å²) in [6.45, 7) is 2.69. The minimum Gasteiger partial charge on any atom is -0.378 e. The maximum Gasteiger partial charge on any atom is 0.315 e. The first-order chi connectivity index (χ1) is 10.5. The quantitative estimate of drug-likeness (QED) is 0.848. The van der Waals surface area contributed by atoms with E-state index in [4.69, 9.17) is 4.74 Å². The molecule has 1 aromatic carbocycles. The molecule has 2 atom stereocenters. The number of amides is 2. The van der Waals surface area contributed by atoms with Gasteiger partial charge in [0.25, 0.3) is 0 Å². The van der Waals surface area contributed by atoms with Crippen molar-refractivity contribution in [1.82, 2.24) is 10.6 Å². The average molecular weight is 312 g/mol. The average Bonchev–Trinajstić information content (AvgIpc) is 2.99. The van der Waals surface area contributed by atoms with Gasteiger partial charge in [0.2, 0.25) is 0 Å². The van der Waals surface area contributed by atoms with E-state index in [2.05, 4.69) is 10.6 Å². The van der Waals surface area contributed by atoms with Crippen molar-refractivity contribution in [2.75, 3.05) is 6.61 Å². The SMILES string of the molecule is C[C@H](CC[C@H]1CCCO1)NC(=O)NCc1cc(F)ccc1F. The Kier molecular flexibility index (Phi) is 6.12. The second-order valence-electron chi connectivity index (χ2n) is 5.68. The molecular weight excluding hydrogens is 290 g/mol. The van der Waals surface area contributed by atoms with Gasteiger partial charge in [-0.15, -0.1) is 0 Å². The van der Waals surface area contributed by atoms with Crippen molar-refractivity contribution in [2.24, 2.45) is 0 Å². The molecule has 0 radical (unpaired) electrons. The van der Waals surface area contributed by atoms with Crippen molar-refractivity contribution >= 4 is 6.03 Å². The minimum atomic E-state index is -0.534. The van der Waals surface area contributed by atoms with Gasteiger partial charge in [-0.3, -0.25) is 0 Å². The summed E-state index contributed by atoms with van der Waals surface area (Å²) in [5.74, 6) is -1.06. The monoisotopic (exact) mass is 312 g/mol. The van der Waals surface area contributed by atoms with Gasteiger partial charge in [0.15, 0.2) is 0 Å². The number of carbonyl (C=O) groups is 1. The minimum absolute atomic E-state index is 0.00144. The summed E-state index contributed by atoms with van der Waals surface area (Å²) in [6.07, 6.45) is 4.23. The number of benzene rings is 1. The van der Waals surface area contributed by atoms with E-state index < -0.39 is 11.6 Å². The predicted molar refractivity (Wildman–Crippen MR) is 79.4 cm³/mol. The van der Waals surface area contributed by atoms with Gasteiger partial charge in [0.05, 0.1) is 6.10 Å². The van der Waals surface area contributed by atoms with E-state index >= 15 is 0 Å². The fourth-order valence-corrected chi connectivity index (χ4v) is 2.51. The highest BCUT2D eigenvalue weighted by Gasteiger charge is 2.17. The molecule has 1 fully saturated rings. The summed E-state index contributed by atoms with van der Waals surface area (Å²) in [4.78, 5) is 11.7. The summed E-state index contributed by atoms with van der Waals surface area (Å²) < 4.78 is 32.0. The fourth-order valence-electron chi connectivity index (χ4n) is 2.51. The first-order valence-electron chi connectivity index (χ1n) is 7.64. The van der Waals surface area contributed by atoms with E-state index in [9.17, 15) is 13.6 Å². The molecule has 1 heterocycles. The van der Waals surface area contributed by atoms with Crippen LogP contribution in [0.2, 0.25) is 0 Å². The Morgan fingerprint density at radius 1 is 1.45 bits per heavy atom. The van der Waals surface area contributed by atoms with Crippen molar-refractivity contribution < 1.29 is 18.3 Å². The van der Waals surface area contributed by atoms with Crippen molar-refractivity contribution in [3.8, 4) is 0 Å². The van der Waals surface area contributed by atoms with E-state index in [1.807, 2.05) is 6.92 Å². The molecule has 1 saturated heterocycles. The molecule has 2 amide bonds. The zero-order chi connectivity index (χ0) is 15.9. The Morgan fingerprint density at radius 3 is 3.00 bits per heavy atom. The van der Waals surface area contributed by atoms with Crippen LogP contribution in [0.4, 0.5) is 13.6 Å². The highest BCUT2D eigenvalue weighted by atomic mass is 19.1. The number of halogens is 2. The molecule has 0 aliphatic carbocycles. The molecule has 0 spiro atoms. The molecule has 6 heteroatoms. The lowest BCUT2D eigenvalue weighted by atomic mass is 10.1. The van der Waals surface area contributed by atoms with Gasteiger partial charge in [-0.25, -0.2) is 13.6 Å². The standard InChI is InChI=1S/C16H22F2N2O2/c1-11(4-6-14-3-2-8-22-14)20-16(21)19-10-12-9-13(17)5-7-15(12)18/h5,7,9,11,14H,2-4,6,8,10H2,1H3,(H2,19,20,21)/t11-,14-/m1/s1. The molecule has 0 aromatic heterocycles. The Bertz CT molecular complexity index is 505. The van der Waals surface area contributed by atoms with E-state index in [0.717, 1.165) is 50.5 Å². The van der Waals surface area contributed by atoms with Crippen LogP contribution < -0.4 is 10.6 Å². The lowest BCUT2D eigenvalue weighted by molar-refractivity contribution is 0.100. The molecule has 2 N–H and O–H groups in total. The summed E-state index contributed by atoms with van der Waals surface area (Å²) >= 11 is 0. The van der Waals surface area contributed by atoms with Crippen molar-refractivity contribution in [2.45, 2.75) is 51.3 Å². The zero-order valence-electron chi connectivity index (χ0n) is 12.7. The highest BCUT2D eigenvalue weighted by molar-refractivity contribution is 5.74. The molecule has 122 valence electrons. The number of nitrogens with one attached hydrogen (secondary N) is 2. The molecular formula is C16H22F2N2O2. The second-order valence-corrected chi connectivity index (χ2v) is 5.68. The van der Waals surface area contributed by atoms with Crippen LogP contribution in [-0.2, 0) is 11.3 Å². The van der Waals surface area contributed by atoms with Crippen LogP contribution in [0.5, 0.6) is 0 Å². The molecule has 4 nitrogen and oxygen atoms in total. The molecule has 0 bridgehead atoms. The van der Waals surface area contributed by atoms with Crippen LogP contribution in [0.3, 0.4) is 0 Å². The third kappa shape index (κ3) is 5.26. The lowest BCUT2D eigenvalue weighted by Crippen LogP contribution is -2.40. The molecule has 1 aromatic rings. The first kappa shape index (κ1) is 16.7. The highest BCUT2D eigenvalue weighted by Crippen LogP contribution is 2.17. The topological polar surface area (TPSA) is 50.4 Å². The van der Waals surface area contributed by atoms with Gasteiger partial charge in [0, 0.05) is 24.8 Å². The third-order valence-electron chi connectivity index (χ3n) is 3.77. The van der Waals surface area contributed by atoms with Crippen molar-refractivity contribution in [1.29, 1.82) is 0 Å². The lowest BCUT2D eigenvalue weighted by Gasteiger charge is -2.17. The van der Waals surface area contributed by atoms with Gasteiger partial charge < -0.3 is 15.4 Å². The summed E-state index contributed by atoms with van der Waals surface area (Å²) in [5, 5.41) is 5.32. The molecule has 22 heavy (non-hydrogen) atoms. The van der Waals surface area contributed by atoms with Crippen LogP contribution in [0.25, 0.3) is 0 Å².